The van der Waals surface area contributed by atoms with Gasteiger partial charge in [-0.15, -0.1) is 0 Å². The third-order valence-electron chi connectivity index (χ3n) is 5.55. The maximum absolute atomic E-state index is 13.0. The topological polar surface area (TPSA) is 88.9 Å². The lowest BCUT2D eigenvalue weighted by atomic mass is 10.1. The molecule has 7 nitrogen and oxygen atoms in total. The first-order valence-electron chi connectivity index (χ1n) is 9.76. The maximum Gasteiger partial charge on any atom is 0.262 e. The Morgan fingerprint density at radius 3 is 2.26 bits per heavy atom. The Balaban J connectivity index is 1.47. The molecule has 0 saturated carbocycles. The number of imide groups is 1. The number of rotatable bonds is 4. The van der Waals surface area contributed by atoms with Gasteiger partial charge in [0.1, 0.15) is 23.0 Å². The molecule has 1 aliphatic heterocycles. The number of carbonyl (C=O) groups excluding carboxylic acids is 3. The van der Waals surface area contributed by atoms with Crippen LogP contribution in [-0.4, -0.2) is 35.8 Å². The SMILES string of the molecule is COc1cc2c(cc1NC(=O)[C@@H](C)N1C(=O)c3ccccc3C1=O)oc1ccccc12. The molecule has 3 amide bonds. The van der Waals surface area contributed by atoms with E-state index >= 15 is 0 Å². The van der Waals surface area contributed by atoms with Crippen molar-refractivity contribution in [1.29, 1.82) is 0 Å². The van der Waals surface area contributed by atoms with Crippen LogP contribution in [0.1, 0.15) is 27.6 Å². The average molecular weight is 414 g/mol. The van der Waals surface area contributed by atoms with Crippen LogP contribution < -0.4 is 10.1 Å². The van der Waals surface area contributed by atoms with Crippen molar-refractivity contribution in [2.45, 2.75) is 13.0 Å². The van der Waals surface area contributed by atoms with E-state index in [1.54, 1.807) is 36.4 Å². The Hall–Kier alpha value is -4.13. The number of methoxy groups -OCH3 is 1. The minimum atomic E-state index is -1.01. The third kappa shape index (κ3) is 2.85. The van der Waals surface area contributed by atoms with E-state index in [4.69, 9.17) is 9.15 Å². The quantitative estimate of drug-likeness (QED) is 0.505. The van der Waals surface area contributed by atoms with Gasteiger partial charge in [0.05, 0.1) is 23.9 Å². The van der Waals surface area contributed by atoms with Crippen LogP contribution in [0.4, 0.5) is 5.69 Å². The number of nitrogens with zero attached hydrogens (tertiary/aromatic N) is 1. The largest absolute Gasteiger partial charge is 0.495 e. The second-order valence-electron chi connectivity index (χ2n) is 7.34. The summed E-state index contributed by atoms with van der Waals surface area (Å²) >= 11 is 0. The Morgan fingerprint density at radius 1 is 0.935 bits per heavy atom. The molecule has 5 rings (SSSR count). The highest BCUT2D eigenvalue weighted by Crippen LogP contribution is 2.36. The van der Waals surface area contributed by atoms with Gasteiger partial charge in [0.25, 0.3) is 11.8 Å². The molecule has 154 valence electrons. The molecular formula is C24H18N2O5. The second kappa shape index (κ2) is 6.98. The predicted octanol–water partition coefficient (Wildman–Crippen LogP) is 4.22. The van der Waals surface area contributed by atoms with Crippen LogP contribution in [0, 0.1) is 0 Å². The molecule has 4 aromatic rings. The molecule has 7 heteroatoms. The van der Waals surface area contributed by atoms with Crippen LogP contribution in [0.5, 0.6) is 5.75 Å². The molecule has 1 N–H and O–H groups in total. The highest BCUT2D eigenvalue weighted by Gasteiger charge is 2.40. The van der Waals surface area contributed by atoms with E-state index in [0.29, 0.717) is 28.1 Å². The van der Waals surface area contributed by atoms with E-state index in [-0.39, 0.29) is 0 Å². The number of ether oxygens (including phenoxy) is 1. The van der Waals surface area contributed by atoms with Gasteiger partial charge >= 0.3 is 0 Å². The number of fused-ring (bicyclic) bond motifs is 4. The molecule has 3 aromatic carbocycles. The first kappa shape index (κ1) is 18.9. The van der Waals surface area contributed by atoms with Gasteiger partial charge in [-0.2, -0.15) is 0 Å². The summed E-state index contributed by atoms with van der Waals surface area (Å²) in [6.07, 6.45) is 0. The third-order valence-corrected chi connectivity index (χ3v) is 5.55. The molecular weight excluding hydrogens is 396 g/mol. The van der Waals surface area contributed by atoms with Gasteiger partial charge in [0.15, 0.2) is 0 Å². The maximum atomic E-state index is 13.0. The van der Waals surface area contributed by atoms with Gasteiger partial charge in [0.2, 0.25) is 5.91 Å². The number of benzene rings is 3. The van der Waals surface area contributed by atoms with Crippen LogP contribution in [0.15, 0.2) is 65.1 Å². The Bertz CT molecular complexity index is 1350. The van der Waals surface area contributed by atoms with E-state index in [9.17, 15) is 14.4 Å². The normalized spacial score (nSPS) is 14.2. The Kier molecular flexibility index (Phi) is 4.25. The summed E-state index contributed by atoms with van der Waals surface area (Å²) in [6, 6.07) is 16.6. The van der Waals surface area contributed by atoms with Crippen molar-refractivity contribution in [2.75, 3.05) is 12.4 Å². The zero-order valence-electron chi connectivity index (χ0n) is 16.8. The molecule has 2 heterocycles. The molecule has 1 atom stereocenters. The van der Waals surface area contributed by atoms with Crippen LogP contribution in [0.25, 0.3) is 21.9 Å². The number of hydrogen-bond donors (Lipinski definition) is 1. The van der Waals surface area contributed by atoms with Crippen LogP contribution >= 0.6 is 0 Å². The van der Waals surface area contributed by atoms with Crippen molar-refractivity contribution in [1.82, 2.24) is 4.90 Å². The number of anilines is 1. The van der Waals surface area contributed by atoms with Gasteiger partial charge in [0, 0.05) is 16.8 Å². The lowest BCUT2D eigenvalue weighted by Gasteiger charge is -2.22. The van der Waals surface area contributed by atoms with Crippen molar-refractivity contribution in [2.24, 2.45) is 0 Å². The van der Waals surface area contributed by atoms with Gasteiger partial charge in [-0.25, -0.2) is 0 Å². The molecule has 0 aliphatic carbocycles. The molecule has 0 unspecified atom stereocenters. The van der Waals surface area contributed by atoms with E-state index in [1.807, 2.05) is 24.3 Å². The fraction of sp³-hybridized carbons (Fsp3) is 0.125. The summed E-state index contributed by atoms with van der Waals surface area (Å²) in [5, 5.41) is 4.57. The summed E-state index contributed by atoms with van der Waals surface area (Å²) in [6.45, 7) is 1.52. The zero-order chi connectivity index (χ0) is 21.7. The van der Waals surface area contributed by atoms with Crippen LogP contribution in [-0.2, 0) is 4.79 Å². The number of amides is 3. The van der Waals surface area contributed by atoms with E-state index < -0.39 is 23.8 Å². The van der Waals surface area contributed by atoms with Crippen LogP contribution in [0.3, 0.4) is 0 Å². The molecule has 0 saturated heterocycles. The summed E-state index contributed by atoms with van der Waals surface area (Å²) in [4.78, 5) is 39.3. The summed E-state index contributed by atoms with van der Waals surface area (Å²) in [5.74, 6) is -1.03. The number of furan rings is 1. The van der Waals surface area contributed by atoms with Crippen molar-refractivity contribution >= 4 is 45.3 Å². The lowest BCUT2D eigenvalue weighted by Crippen LogP contribution is -2.45. The summed E-state index contributed by atoms with van der Waals surface area (Å²) in [5.41, 5.74) is 2.30. The monoisotopic (exact) mass is 414 g/mol. The highest BCUT2D eigenvalue weighted by molar-refractivity contribution is 6.23. The first-order valence-corrected chi connectivity index (χ1v) is 9.76. The minimum absolute atomic E-state index is 0.299. The summed E-state index contributed by atoms with van der Waals surface area (Å²) < 4.78 is 11.4. The van der Waals surface area contributed by atoms with Crippen molar-refractivity contribution in [3.05, 3.63) is 71.8 Å². The molecule has 0 spiro atoms. The van der Waals surface area contributed by atoms with E-state index in [1.165, 1.54) is 14.0 Å². The van der Waals surface area contributed by atoms with Gasteiger partial charge in [-0.3, -0.25) is 19.3 Å². The smallest absolute Gasteiger partial charge is 0.262 e. The number of para-hydroxylation sites is 1. The first-order chi connectivity index (χ1) is 15.0. The van der Waals surface area contributed by atoms with Crippen LogP contribution in [0.2, 0.25) is 0 Å². The molecule has 0 radical (unpaired) electrons. The van der Waals surface area contributed by atoms with Gasteiger partial charge in [-0.05, 0) is 31.2 Å². The minimum Gasteiger partial charge on any atom is -0.495 e. The Labute approximate surface area is 177 Å². The van der Waals surface area contributed by atoms with Crippen molar-refractivity contribution in [3.8, 4) is 5.75 Å². The number of nitrogens with one attached hydrogen (secondary N) is 1. The fourth-order valence-electron chi connectivity index (χ4n) is 3.93. The number of hydrogen-bond acceptors (Lipinski definition) is 5. The van der Waals surface area contributed by atoms with Crippen molar-refractivity contribution in [3.63, 3.8) is 0 Å². The standard InChI is InChI=1S/C24H18N2O5/c1-13(26-23(28)15-8-3-4-9-16(15)24(26)29)22(27)25-18-12-20-17(11-21(18)30-2)14-7-5-6-10-19(14)31-20/h3-13H,1-2H3,(H,25,27)/t13-/m1/s1. The fourth-order valence-corrected chi connectivity index (χ4v) is 3.93. The highest BCUT2D eigenvalue weighted by atomic mass is 16.5. The molecule has 0 bridgehead atoms. The number of carbonyl (C=O) groups is 3. The second-order valence-corrected chi connectivity index (χ2v) is 7.34. The zero-order valence-corrected chi connectivity index (χ0v) is 16.8. The molecule has 31 heavy (non-hydrogen) atoms. The van der Waals surface area contributed by atoms with E-state index in [2.05, 4.69) is 5.32 Å². The lowest BCUT2D eigenvalue weighted by molar-refractivity contribution is -0.119. The molecule has 0 fully saturated rings. The molecule has 1 aliphatic rings. The van der Waals surface area contributed by atoms with Crippen molar-refractivity contribution < 1.29 is 23.5 Å². The van der Waals surface area contributed by atoms with E-state index in [0.717, 1.165) is 21.3 Å². The van der Waals surface area contributed by atoms with Gasteiger partial charge in [-0.1, -0.05) is 30.3 Å². The predicted molar refractivity (Wildman–Crippen MR) is 115 cm³/mol. The summed E-state index contributed by atoms with van der Waals surface area (Å²) in [7, 11) is 1.51. The Morgan fingerprint density at radius 2 is 1.58 bits per heavy atom. The average Bonchev–Trinajstić information content (AvgIpc) is 3.27. The molecule has 1 aromatic heterocycles. The van der Waals surface area contributed by atoms with Gasteiger partial charge < -0.3 is 14.5 Å².